The van der Waals surface area contributed by atoms with Gasteiger partial charge in [0.1, 0.15) is 11.7 Å². The van der Waals surface area contributed by atoms with E-state index in [2.05, 4.69) is 0 Å². The number of benzene rings is 2. The van der Waals surface area contributed by atoms with Crippen LogP contribution in [0.4, 0.5) is 13.2 Å². The zero-order valence-corrected chi connectivity index (χ0v) is 22.9. The number of methoxy groups -OCH3 is 2. The van der Waals surface area contributed by atoms with Gasteiger partial charge in [0.15, 0.2) is 11.5 Å². The van der Waals surface area contributed by atoms with Crippen LogP contribution in [0.3, 0.4) is 0 Å². The first-order valence-electron chi connectivity index (χ1n) is 13.9. The second-order valence-electron chi connectivity index (χ2n) is 12.0. The first-order chi connectivity index (χ1) is 19.1. The van der Waals surface area contributed by atoms with Gasteiger partial charge in [-0.3, -0.25) is 9.69 Å². The van der Waals surface area contributed by atoms with E-state index >= 15 is 0 Å². The summed E-state index contributed by atoms with van der Waals surface area (Å²) >= 11 is 0. The molecule has 2 heterocycles. The van der Waals surface area contributed by atoms with Crippen LogP contribution < -0.4 is 9.47 Å². The number of hydrogen-bond acceptors (Lipinski definition) is 5. The summed E-state index contributed by atoms with van der Waals surface area (Å²) in [6, 6.07) is 13.1. The number of amides is 1. The molecule has 0 aromatic heterocycles. The Morgan fingerprint density at radius 3 is 2.60 bits per heavy atom. The van der Waals surface area contributed by atoms with Crippen LogP contribution in [-0.4, -0.2) is 74.0 Å². The molecule has 0 radical (unpaired) electrons. The van der Waals surface area contributed by atoms with Crippen LogP contribution in [0.15, 0.2) is 54.1 Å². The number of halogens is 3. The molecule has 5 atom stereocenters. The summed E-state index contributed by atoms with van der Waals surface area (Å²) < 4.78 is 60.5. The summed E-state index contributed by atoms with van der Waals surface area (Å²) in [4.78, 5) is 17.5. The number of rotatable bonds is 6. The van der Waals surface area contributed by atoms with E-state index in [1.165, 1.54) is 0 Å². The summed E-state index contributed by atoms with van der Waals surface area (Å²) in [7, 11) is 4.98. The van der Waals surface area contributed by atoms with Crippen LogP contribution in [-0.2, 0) is 27.9 Å². The maximum atomic E-state index is 14.2. The standard InChI is InChI=1S/C31H33F3N2O4/c1-35(17-19-7-5-4-6-8-19)26(37)21-16-28-11-12-30(21,39-3)27-29(28)13-14-36(18-31(32,33)34)23(28)15-20-9-10-22(38-2)25(40-27)24(20)29/h4-10,16,23,27H,11-15,17-18H2,1-3H3/t23-,27-,28-,29+,30-/m1/s1. The molecule has 2 fully saturated rings. The lowest BCUT2D eigenvalue weighted by Gasteiger charge is -2.70. The van der Waals surface area contributed by atoms with Crippen molar-refractivity contribution in [2.75, 3.05) is 34.4 Å². The smallest absolute Gasteiger partial charge is 0.401 e. The zero-order valence-electron chi connectivity index (χ0n) is 22.9. The molecule has 2 spiro atoms. The second kappa shape index (κ2) is 8.49. The fourth-order valence-electron chi connectivity index (χ4n) is 8.95. The molecule has 0 unspecified atom stereocenters. The SMILES string of the molecule is COc1ccc2c3c1O[C@@H]1[C@]34CCN(CC(F)(F)F)[C@H](C2)[C@@]42C=C(C(=O)N(C)Cc3ccccc3)[C@]1(OC)CC2. The van der Waals surface area contributed by atoms with Gasteiger partial charge in [0.25, 0.3) is 5.91 Å². The molecule has 2 aromatic carbocycles. The van der Waals surface area contributed by atoms with Gasteiger partial charge in [0.2, 0.25) is 0 Å². The Bertz CT molecular complexity index is 1410. The van der Waals surface area contributed by atoms with Crippen molar-refractivity contribution in [1.29, 1.82) is 0 Å². The molecule has 8 rings (SSSR count). The Labute approximate surface area is 231 Å². The highest BCUT2D eigenvalue weighted by Crippen LogP contribution is 2.75. The lowest BCUT2D eigenvalue weighted by atomic mass is 9.37. The molecule has 40 heavy (non-hydrogen) atoms. The number of piperidine rings is 1. The summed E-state index contributed by atoms with van der Waals surface area (Å²) in [6.07, 6.45) is -0.791. The molecule has 1 amide bonds. The topological polar surface area (TPSA) is 51.2 Å². The number of carbonyl (C=O) groups is 1. The van der Waals surface area contributed by atoms with E-state index < -0.39 is 41.3 Å². The van der Waals surface area contributed by atoms with Crippen molar-refractivity contribution in [1.82, 2.24) is 9.80 Å². The third kappa shape index (κ3) is 3.16. The molecule has 2 aliphatic heterocycles. The Morgan fingerprint density at radius 1 is 1.12 bits per heavy atom. The van der Waals surface area contributed by atoms with Gasteiger partial charge in [-0.05, 0) is 49.4 Å². The predicted octanol–water partition coefficient (Wildman–Crippen LogP) is 4.65. The maximum Gasteiger partial charge on any atom is 0.401 e. The lowest BCUT2D eigenvalue weighted by molar-refractivity contribution is -0.214. The fraction of sp³-hybridized carbons (Fsp3) is 0.516. The number of alkyl halides is 3. The van der Waals surface area contributed by atoms with E-state index in [-0.39, 0.29) is 5.91 Å². The maximum absolute atomic E-state index is 14.2. The predicted molar refractivity (Wildman–Crippen MR) is 141 cm³/mol. The van der Waals surface area contributed by atoms with E-state index in [0.717, 1.165) is 16.7 Å². The Balaban J connectivity index is 1.41. The van der Waals surface area contributed by atoms with Gasteiger partial charge in [-0.15, -0.1) is 0 Å². The summed E-state index contributed by atoms with van der Waals surface area (Å²) in [5.74, 6) is 1.08. The Morgan fingerprint density at radius 2 is 1.90 bits per heavy atom. The highest BCUT2D eigenvalue weighted by Gasteiger charge is 2.79. The third-order valence-corrected chi connectivity index (χ3v) is 10.4. The van der Waals surface area contributed by atoms with Gasteiger partial charge in [0.05, 0.1) is 19.1 Å². The molecule has 9 heteroatoms. The minimum absolute atomic E-state index is 0.183. The first kappa shape index (κ1) is 25.9. The van der Waals surface area contributed by atoms with E-state index in [1.807, 2.05) is 48.5 Å². The summed E-state index contributed by atoms with van der Waals surface area (Å²) in [6.45, 7) is -0.269. The number of hydrogen-bond donors (Lipinski definition) is 0. The largest absolute Gasteiger partial charge is 0.493 e. The molecule has 1 saturated heterocycles. The van der Waals surface area contributed by atoms with Crippen LogP contribution >= 0.6 is 0 Å². The second-order valence-corrected chi connectivity index (χ2v) is 12.0. The summed E-state index contributed by atoms with van der Waals surface area (Å²) in [5.41, 5.74) is 1.19. The number of likely N-dealkylation sites (N-methyl/N-ethyl adjacent to an activating group) is 1. The van der Waals surface area contributed by atoms with Crippen LogP contribution in [0.1, 0.15) is 36.0 Å². The quantitative estimate of drug-likeness (QED) is 0.521. The van der Waals surface area contributed by atoms with Gasteiger partial charge in [-0.25, -0.2) is 0 Å². The van der Waals surface area contributed by atoms with Crippen LogP contribution in [0.5, 0.6) is 11.5 Å². The molecule has 6 nitrogen and oxygen atoms in total. The van der Waals surface area contributed by atoms with Gasteiger partial charge in [0, 0.05) is 43.3 Å². The van der Waals surface area contributed by atoms with Crippen LogP contribution in [0, 0.1) is 5.41 Å². The number of nitrogens with zero attached hydrogens (tertiary/aromatic N) is 2. The van der Waals surface area contributed by atoms with E-state index in [4.69, 9.17) is 14.2 Å². The average Bonchev–Trinajstić information content (AvgIpc) is 3.31. The van der Waals surface area contributed by atoms with Crippen molar-refractivity contribution in [3.63, 3.8) is 0 Å². The first-order valence-corrected chi connectivity index (χ1v) is 13.9. The third-order valence-electron chi connectivity index (χ3n) is 10.4. The number of carbonyl (C=O) groups excluding carboxylic acids is 1. The minimum atomic E-state index is -4.32. The molecular formula is C31H33F3N2O4. The van der Waals surface area contributed by atoms with E-state index in [0.29, 0.717) is 55.8 Å². The monoisotopic (exact) mass is 554 g/mol. The fourth-order valence-corrected chi connectivity index (χ4v) is 8.95. The molecule has 6 aliphatic rings. The Hall–Kier alpha value is -3.04. The van der Waals surface area contributed by atoms with Crippen LogP contribution in [0.25, 0.3) is 0 Å². The number of likely N-dealkylation sites (tertiary alicyclic amines) is 1. The zero-order chi connectivity index (χ0) is 28.1. The minimum Gasteiger partial charge on any atom is -0.493 e. The van der Waals surface area contributed by atoms with Gasteiger partial charge >= 0.3 is 6.18 Å². The molecule has 0 N–H and O–H groups in total. The van der Waals surface area contributed by atoms with Crippen molar-refractivity contribution in [3.05, 3.63) is 70.8 Å². The van der Waals surface area contributed by atoms with E-state index in [9.17, 15) is 18.0 Å². The highest BCUT2D eigenvalue weighted by molar-refractivity contribution is 5.97. The van der Waals surface area contributed by atoms with Crippen molar-refractivity contribution >= 4 is 5.91 Å². The molecule has 1 saturated carbocycles. The van der Waals surface area contributed by atoms with Crippen LogP contribution in [0.2, 0.25) is 0 Å². The van der Waals surface area contributed by atoms with Gasteiger partial charge in [-0.2, -0.15) is 13.2 Å². The average molecular weight is 555 g/mol. The molecule has 4 aliphatic carbocycles. The Kier molecular flexibility index (Phi) is 5.49. The van der Waals surface area contributed by atoms with Crippen molar-refractivity contribution in [2.45, 2.75) is 61.6 Å². The van der Waals surface area contributed by atoms with Gasteiger partial charge in [-0.1, -0.05) is 42.5 Å². The molecule has 2 aromatic rings. The normalized spacial score (nSPS) is 33.2. The van der Waals surface area contributed by atoms with Crippen molar-refractivity contribution < 1.29 is 32.2 Å². The van der Waals surface area contributed by atoms with Crippen molar-refractivity contribution in [3.8, 4) is 11.5 Å². The van der Waals surface area contributed by atoms with E-state index in [1.54, 1.807) is 31.1 Å². The highest BCUT2D eigenvalue weighted by atomic mass is 19.4. The van der Waals surface area contributed by atoms with Crippen molar-refractivity contribution in [2.24, 2.45) is 5.41 Å². The number of fused-ring (bicyclic) bond motifs is 1. The summed E-state index contributed by atoms with van der Waals surface area (Å²) in [5, 5.41) is 0. The molecule has 212 valence electrons. The lowest BCUT2D eigenvalue weighted by Crippen LogP contribution is -2.79. The number of ether oxygens (including phenoxy) is 3. The molecule has 4 bridgehead atoms. The van der Waals surface area contributed by atoms with Gasteiger partial charge < -0.3 is 19.1 Å². The molecular weight excluding hydrogens is 521 g/mol.